The number of benzene rings is 1. The summed E-state index contributed by atoms with van der Waals surface area (Å²) in [7, 11) is -1.66. The smallest absolute Gasteiger partial charge is 0.375 e. The van der Waals surface area contributed by atoms with Crippen LogP contribution in [0.5, 0.6) is 0 Å². The molecule has 0 bridgehead atoms. The van der Waals surface area contributed by atoms with Crippen LogP contribution in [0.1, 0.15) is 29.5 Å². The molecular formula is C19H21NO7S. The lowest BCUT2D eigenvalue weighted by atomic mass is 10.1. The molecule has 0 unspecified atom stereocenters. The molecule has 9 heteroatoms. The minimum atomic E-state index is -3.15. The highest BCUT2D eigenvalue weighted by molar-refractivity contribution is 7.91. The van der Waals surface area contributed by atoms with Crippen LogP contribution in [0.3, 0.4) is 0 Å². The number of sulfone groups is 1. The molecule has 0 N–H and O–H groups in total. The Bertz CT molecular complexity index is 1100. The Morgan fingerprint density at radius 3 is 2.64 bits per heavy atom. The van der Waals surface area contributed by atoms with Gasteiger partial charge in [-0.2, -0.15) is 0 Å². The van der Waals surface area contributed by atoms with E-state index in [1.54, 1.807) is 18.2 Å². The summed E-state index contributed by atoms with van der Waals surface area (Å²) in [6.45, 7) is 3.23. The maximum atomic E-state index is 12.5. The third kappa shape index (κ3) is 4.09. The molecule has 1 amide bonds. The highest BCUT2D eigenvalue weighted by atomic mass is 32.2. The van der Waals surface area contributed by atoms with Crippen LogP contribution < -0.4 is 5.43 Å². The van der Waals surface area contributed by atoms with Gasteiger partial charge in [0, 0.05) is 19.2 Å². The Kier molecular flexibility index (Phi) is 5.29. The number of esters is 1. The van der Waals surface area contributed by atoms with Crippen molar-refractivity contribution in [1.29, 1.82) is 0 Å². The number of hydrogen-bond acceptors (Lipinski definition) is 7. The minimum Gasteiger partial charge on any atom is -0.449 e. The number of nitrogens with zero attached hydrogens (tertiary/aromatic N) is 1. The zero-order valence-electron chi connectivity index (χ0n) is 15.8. The Hall–Kier alpha value is -2.68. The number of aryl methyl sites for hydroxylation is 1. The van der Waals surface area contributed by atoms with Crippen molar-refractivity contribution in [1.82, 2.24) is 4.90 Å². The molecule has 1 aromatic heterocycles. The first-order valence-corrected chi connectivity index (χ1v) is 10.6. The van der Waals surface area contributed by atoms with E-state index in [0.29, 0.717) is 11.8 Å². The Labute approximate surface area is 162 Å². The fourth-order valence-corrected chi connectivity index (χ4v) is 4.96. The van der Waals surface area contributed by atoms with E-state index in [-0.39, 0.29) is 28.3 Å². The van der Waals surface area contributed by atoms with Crippen LogP contribution in [0.2, 0.25) is 0 Å². The summed E-state index contributed by atoms with van der Waals surface area (Å²) in [5, 5.41) is 0.350. The molecule has 1 aromatic carbocycles. The van der Waals surface area contributed by atoms with Gasteiger partial charge in [-0.1, -0.05) is 11.6 Å². The van der Waals surface area contributed by atoms with E-state index in [1.165, 1.54) is 18.9 Å². The van der Waals surface area contributed by atoms with Crippen LogP contribution in [-0.2, 0) is 19.4 Å². The summed E-state index contributed by atoms with van der Waals surface area (Å²) >= 11 is 0. The Balaban J connectivity index is 1.73. The third-order valence-electron chi connectivity index (χ3n) is 4.82. The summed E-state index contributed by atoms with van der Waals surface area (Å²) in [5.74, 6) is -1.82. The predicted molar refractivity (Wildman–Crippen MR) is 102 cm³/mol. The molecule has 1 fully saturated rings. The van der Waals surface area contributed by atoms with E-state index in [9.17, 15) is 22.8 Å². The fraction of sp³-hybridized carbons (Fsp3) is 0.421. The van der Waals surface area contributed by atoms with Crippen LogP contribution >= 0.6 is 0 Å². The van der Waals surface area contributed by atoms with Crippen molar-refractivity contribution in [2.75, 3.05) is 18.6 Å². The van der Waals surface area contributed by atoms with E-state index in [0.717, 1.165) is 11.6 Å². The van der Waals surface area contributed by atoms with Crippen LogP contribution in [-0.4, -0.2) is 55.9 Å². The van der Waals surface area contributed by atoms with Gasteiger partial charge in [-0.15, -0.1) is 0 Å². The molecule has 2 heterocycles. The lowest BCUT2D eigenvalue weighted by Gasteiger charge is -2.26. The molecule has 0 spiro atoms. The average Bonchev–Trinajstić information content (AvgIpc) is 3.00. The molecule has 0 radical (unpaired) electrons. The number of likely N-dealkylation sites (N-methyl/N-ethyl adjacent to an activating group) is 1. The van der Waals surface area contributed by atoms with E-state index < -0.39 is 33.9 Å². The van der Waals surface area contributed by atoms with Crippen molar-refractivity contribution in [2.24, 2.45) is 0 Å². The lowest BCUT2D eigenvalue weighted by Crippen LogP contribution is -2.44. The molecule has 0 aliphatic carbocycles. The van der Waals surface area contributed by atoms with Crippen molar-refractivity contribution in [3.05, 3.63) is 45.8 Å². The van der Waals surface area contributed by atoms with Crippen LogP contribution in [0.25, 0.3) is 11.0 Å². The molecule has 1 aliphatic rings. The van der Waals surface area contributed by atoms with Crippen molar-refractivity contribution in [3.63, 3.8) is 0 Å². The number of carbonyl (C=O) groups excluding carboxylic acids is 2. The molecule has 3 rings (SSSR count). The maximum absolute atomic E-state index is 12.5. The first kappa shape index (κ1) is 20.1. The number of hydrogen-bond donors (Lipinski definition) is 0. The topological polar surface area (TPSA) is 111 Å². The maximum Gasteiger partial charge on any atom is 0.375 e. The van der Waals surface area contributed by atoms with E-state index in [1.807, 2.05) is 6.92 Å². The Morgan fingerprint density at radius 1 is 1.29 bits per heavy atom. The van der Waals surface area contributed by atoms with E-state index in [4.69, 9.17) is 9.15 Å². The van der Waals surface area contributed by atoms with Crippen molar-refractivity contribution in [2.45, 2.75) is 32.4 Å². The molecule has 8 nitrogen and oxygen atoms in total. The zero-order valence-corrected chi connectivity index (χ0v) is 16.6. The molecule has 1 saturated heterocycles. The van der Waals surface area contributed by atoms with Gasteiger partial charge in [-0.05, 0) is 32.4 Å². The number of ether oxygens (including phenoxy) is 1. The monoisotopic (exact) mass is 407 g/mol. The second-order valence-electron chi connectivity index (χ2n) is 7.03. The summed E-state index contributed by atoms with van der Waals surface area (Å²) in [4.78, 5) is 38.3. The molecule has 2 atom stereocenters. The molecular weight excluding hydrogens is 386 g/mol. The van der Waals surface area contributed by atoms with Crippen molar-refractivity contribution in [3.8, 4) is 0 Å². The highest BCUT2D eigenvalue weighted by Crippen LogP contribution is 2.19. The van der Waals surface area contributed by atoms with Gasteiger partial charge in [-0.25, -0.2) is 13.2 Å². The average molecular weight is 407 g/mol. The van der Waals surface area contributed by atoms with E-state index in [2.05, 4.69) is 0 Å². The second kappa shape index (κ2) is 7.38. The number of fused-ring (bicyclic) bond motifs is 1. The van der Waals surface area contributed by atoms with Crippen molar-refractivity contribution < 1.29 is 27.2 Å². The third-order valence-corrected chi connectivity index (χ3v) is 6.57. The van der Waals surface area contributed by atoms with Crippen LogP contribution in [0, 0.1) is 6.92 Å². The minimum absolute atomic E-state index is 0.0329. The van der Waals surface area contributed by atoms with Crippen molar-refractivity contribution >= 4 is 32.7 Å². The summed E-state index contributed by atoms with van der Waals surface area (Å²) in [6.07, 6.45) is -0.802. The van der Waals surface area contributed by atoms with Gasteiger partial charge in [0.1, 0.15) is 5.58 Å². The van der Waals surface area contributed by atoms with Gasteiger partial charge in [0.05, 0.1) is 16.9 Å². The molecule has 2 aromatic rings. The predicted octanol–water partition coefficient (Wildman–Crippen LogP) is 1.29. The Morgan fingerprint density at radius 2 is 2.00 bits per heavy atom. The number of rotatable bonds is 4. The molecule has 1 aliphatic heterocycles. The summed E-state index contributed by atoms with van der Waals surface area (Å²) in [5.41, 5.74) is 0.743. The second-order valence-corrected chi connectivity index (χ2v) is 9.26. The summed E-state index contributed by atoms with van der Waals surface area (Å²) in [6, 6.07) is 5.59. The van der Waals surface area contributed by atoms with Gasteiger partial charge in [0.25, 0.3) is 5.91 Å². The first-order valence-electron chi connectivity index (χ1n) is 8.80. The quantitative estimate of drug-likeness (QED) is 0.702. The zero-order chi connectivity index (χ0) is 20.6. The summed E-state index contributed by atoms with van der Waals surface area (Å²) < 4.78 is 33.8. The van der Waals surface area contributed by atoms with Gasteiger partial charge in [0.15, 0.2) is 21.4 Å². The van der Waals surface area contributed by atoms with Crippen LogP contribution in [0.15, 0.2) is 33.5 Å². The first-order chi connectivity index (χ1) is 13.1. The molecule has 150 valence electrons. The largest absolute Gasteiger partial charge is 0.449 e. The SMILES string of the molecule is Cc1ccc2oc(C(=O)O[C@H](C)C(=O)N(C)[C@H]3CCS(=O)(=O)C3)cc(=O)c2c1. The van der Waals surface area contributed by atoms with E-state index >= 15 is 0 Å². The lowest BCUT2D eigenvalue weighted by molar-refractivity contribution is -0.140. The van der Waals surface area contributed by atoms with Gasteiger partial charge in [-0.3, -0.25) is 9.59 Å². The fourth-order valence-electron chi connectivity index (χ4n) is 3.19. The normalized spacial score (nSPS) is 19.3. The standard InChI is InChI=1S/C19H21NO7S/c1-11-4-5-16-14(8-11)15(21)9-17(27-16)19(23)26-12(2)18(22)20(3)13-6-7-28(24,25)10-13/h4-5,8-9,12-13H,6-7,10H2,1-3H3/t12-,13+/m1/s1. The number of carbonyl (C=O) groups is 2. The molecule has 28 heavy (non-hydrogen) atoms. The molecule has 0 saturated carbocycles. The highest BCUT2D eigenvalue weighted by Gasteiger charge is 2.35. The van der Waals surface area contributed by atoms with Gasteiger partial charge < -0.3 is 14.1 Å². The van der Waals surface area contributed by atoms with Gasteiger partial charge >= 0.3 is 5.97 Å². The van der Waals surface area contributed by atoms with Crippen LogP contribution in [0.4, 0.5) is 0 Å². The number of amides is 1. The van der Waals surface area contributed by atoms with Gasteiger partial charge in [0.2, 0.25) is 5.76 Å².